The van der Waals surface area contributed by atoms with E-state index in [0.29, 0.717) is 5.56 Å². The third-order valence-corrected chi connectivity index (χ3v) is 4.69. The zero-order valence-corrected chi connectivity index (χ0v) is 16.1. The number of rotatable bonds is 6. The molecule has 158 valence electrons. The van der Waals surface area contributed by atoms with Gasteiger partial charge in [0.1, 0.15) is 43.5 Å². The Hall–Kier alpha value is -3.68. The van der Waals surface area contributed by atoms with Crippen LogP contribution in [0.2, 0.25) is 0 Å². The minimum absolute atomic E-state index is 0.00611. The average Bonchev–Trinajstić information content (AvgIpc) is 3.43. The van der Waals surface area contributed by atoms with Gasteiger partial charge in [0.25, 0.3) is 0 Å². The van der Waals surface area contributed by atoms with E-state index in [4.69, 9.17) is 19.5 Å². The molecule has 1 aliphatic heterocycles. The standard InChI is InChI=1S/C21H16F2N4O4/c22-16-5-6-18(19(23)7-16)21(11-27-13-25-12-26-27)30-10-17(31-21)9-29-20(28)15-3-1-14(8-24)2-4-15/h1-7,12-13,17H,9-11H2/t17-,21-/m1/s1. The van der Waals surface area contributed by atoms with Gasteiger partial charge in [-0.05, 0) is 36.4 Å². The molecule has 1 fully saturated rings. The molecule has 31 heavy (non-hydrogen) atoms. The highest BCUT2D eigenvalue weighted by Crippen LogP contribution is 2.37. The molecule has 0 aliphatic carbocycles. The monoisotopic (exact) mass is 426 g/mol. The fraction of sp³-hybridized carbons (Fsp3) is 0.238. The molecule has 4 rings (SSSR count). The highest BCUT2D eigenvalue weighted by molar-refractivity contribution is 5.89. The Morgan fingerprint density at radius 2 is 2.10 bits per heavy atom. The first-order valence-electron chi connectivity index (χ1n) is 9.26. The van der Waals surface area contributed by atoms with Gasteiger partial charge in [-0.3, -0.25) is 0 Å². The van der Waals surface area contributed by atoms with Crippen molar-refractivity contribution in [2.75, 3.05) is 13.2 Å². The lowest BCUT2D eigenvalue weighted by molar-refractivity contribution is -0.193. The Balaban J connectivity index is 1.49. The van der Waals surface area contributed by atoms with Crippen molar-refractivity contribution in [2.24, 2.45) is 0 Å². The van der Waals surface area contributed by atoms with E-state index in [2.05, 4.69) is 10.1 Å². The van der Waals surface area contributed by atoms with E-state index in [-0.39, 0.29) is 30.9 Å². The quantitative estimate of drug-likeness (QED) is 0.559. The Morgan fingerprint density at radius 1 is 1.29 bits per heavy atom. The van der Waals surface area contributed by atoms with Gasteiger partial charge >= 0.3 is 5.97 Å². The lowest BCUT2D eigenvalue weighted by Crippen LogP contribution is -2.35. The van der Waals surface area contributed by atoms with Crippen LogP contribution in [0.3, 0.4) is 0 Å². The van der Waals surface area contributed by atoms with E-state index >= 15 is 0 Å². The van der Waals surface area contributed by atoms with Crippen LogP contribution < -0.4 is 0 Å². The molecule has 0 N–H and O–H groups in total. The van der Waals surface area contributed by atoms with Crippen molar-refractivity contribution in [3.8, 4) is 6.07 Å². The number of benzene rings is 2. The van der Waals surface area contributed by atoms with Gasteiger partial charge < -0.3 is 14.2 Å². The van der Waals surface area contributed by atoms with E-state index in [9.17, 15) is 13.6 Å². The molecule has 3 aromatic rings. The molecule has 1 aromatic heterocycles. The van der Waals surface area contributed by atoms with Crippen LogP contribution in [0.15, 0.2) is 55.1 Å². The summed E-state index contributed by atoms with van der Waals surface area (Å²) in [6.45, 7) is -0.192. The summed E-state index contributed by atoms with van der Waals surface area (Å²) in [4.78, 5) is 16.1. The van der Waals surface area contributed by atoms with Gasteiger partial charge in [0.15, 0.2) is 0 Å². The minimum Gasteiger partial charge on any atom is -0.459 e. The van der Waals surface area contributed by atoms with E-state index in [1.807, 2.05) is 6.07 Å². The molecular weight excluding hydrogens is 410 g/mol. The first kappa shape index (κ1) is 20.6. The van der Waals surface area contributed by atoms with Crippen molar-refractivity contribution in [3.63, 3.8) is 0 Å². The molecule has 0 amide bonds. The molecule has 0 saturated carbocycles. The topological polar surface area (TPSA) is 99.3 Å². The molecule has 0 bridgehead atoms. The third kappa shape index (κ3) is 4.42. The smallest absolute Gasteiger partial charge is 0.338 e. The molecule has 0 unspecified atom stereocenters. The summed E-state index contributed by atoms with van der Waals surface area (Å²) in [5.74, 6) is -3.77. The van der Waals surface area contributed by atoms with E-state index in [0.717, 1.165) is 12.1 Å². The van der Waals surface area contributed by atoms with Gasteiger partial charge in [-0.1, -0.05) is 0 Å². The second kappa shape index (κ2) is 8.59. The SMILES string of the molecule is N#Cc1ccc(C(=O)OC[C@@H]2CO[C@@](Cn3cncn3)(c3ccc(F)cc3F)O2)cc1. The summed E-state index contributed by atoms with van der Waals surface area (Å²) in [7, 11) is 0. The van der Waals surface area contributed by atoms with E-state index in [1.54, 1.807) is 0 Å². The molecule has 10 heteroatoms. The number of hydrogen-bond donors (Lipinski definition) is 0. The number of halogens is 2. The summed E-state index contributed by atoms with van der Waals surface area (Å²) in [6, 6.07) is 11.0. The number of aromatic nitrogens is 3. The number of nitriles is 1. The van der Waals surface area contributed by atoms with Crippen LogP contribution in [0.5, 0.6) is 0 Å². The van der Waals surface area contributed by atoms with Crippen LogP contribution in [0.1, 0.15) is 21.5 Å². The van der Waals surface area contributed by atoms with Gasteiger partial charge in [-0.15, -0.1) is 0 Å². The molecular formula is C21H16F2N4O4. The number of carbonyl (C=O) groups excluding carboxylic acids is 1. The van der Waals surface area contributed by atoms with Gasteiger partial charge in [0.05, 0.1) is 23.8 Å². The normalized spacial score (nSPS) is 20.4. The number of carbonyl (C=O) groups is 1. The van der Waals surface area contributed by atoms with Crippen LogP contribution >= 0.6 is 0 Å². The molecule has 0 spiro atoms. The fourth-order valence-corrected chi connectivity index (χ4v) is 3.22. The second-order valence-electron chi connectivity index (χ2n) is 6.81. The lowest BCUT2D eigenvalue weighted by Gasteiger charge is -2.28. The van der Waals surface area contributed by atoms with Gasteiger partial charge in [0.2, 0.25) is 5.79 Å². The molecule has 2 atom stereocenters. The van der Waals surface area contributed by atoms with E-state index < -0.39 is 29.5 Å². The lowest BCUT2D eigenvalue weighted by atomic mass is 10.0. The van der Waals surface area contributed by atoms with Crippen molar-refractivity contribution in [2.45, 2.75) is 18.4 Å². The first-order valence-corrected chi connectivity index (χ1v) is 9.26. The van der Waals surface area contributed by atoms with Crippen molar-refractivity contribution in [1.82, 2.24) is 14.8 Å². The highest BCUT2D eigenvalue weighted by Gasteiger charge is 2.46. The van der Waals surface area contributed by atoms with Crippen molar-refractivity contribution < 1.29 is 27.8 Å². The molecule has 0 radical (unpaired) electrons. The molecule has 1 saturated heterocycles. The van der Waals surface area contributed by atoms with Crippen LogP contribution in [0, 0.1) is 23.0 Å². The number of ether oxygens (including phenoxy) is 3. The highest BCUT2D eigenvalue weighted by atomic mass is 19.1. The Kier molecular flexibility index (Phi) is 5.70. The van der Waals surface area contributed by atoms with Crippen molar-refractivity contribution in [1.29, 1.82) is 5.26 Å². The molecule has 2 aromatic carbocycles. The Labute approximate surface area is 175 Å². The zero-order valence-electron chi connectivity index (χ0n) is 16.1. The second-order valence-corrected chi connectivity index (χ2v) is 6.81. The van der Waals surface area contributed by atoms with Crippen molar-refractivity contribution in [3.05, 3.63) is 83.4 Å². The maximum atomic E-state index is 14.5. The minimum atomic E-state index is -1.60. The van der Waals surface area contributed by atoms with Crippen LogP contribution in [0.25, 0.3) is 0 Å². The van der Waals surface area contributed by atoms with Gasteiger partial charge in [0, 0.05) is 11.6 Å². The van der Waals surface area contributed by atoms with Crippen LogP contribution in [-0.4, -0.2) is 40.1 Å². The molecule has 1 aliphatic rings. The maximum Gasteiger partial charge on any atom is 0.338 e. The number of nitrogens with zero attached hydrogens (tertiary/aromatic N) is 4. The summed E-state index contributed by atoms with van der Waals surface area (Å²) in [5, 5.41) is 12.8. The third-order valence-electron chi connectivity index (χ3n) is 4.69. The van der Waals surface area contributed by atoms with E-state index in [1.165, 1.54) is 47.7 Å². The summed E-state index contributed by atoms with van der Waals surface area (Å²) < 4.78 is 46.4. The predicted octanol–water partition coefficient (Wildman–Crippen LogP) is 2.55. The maximum absolute atomic E-state index is 14.5. The number of esters is 1. The van der Waals surface area contributed by atoms with Gasteiger partial charge in [-0.25, -0.2) is 23.2 Å². The predicted molar refractivity (Wildman–Crippen MR) is 100 cm³/mol. The van der Waals surface area contributed by atoms with Crippen LogP contribution in [-0.2, 0) is 26.5 Å². The van der Waals surface area contributed by atoms with Crippen LogP contribution in [0.4, 0.5) is 8.78 Å². The fourth-order valence-electron chi connectivity index (χ4n) is 3.22. The Bertz CT molecular complexity index is 1120. The first-order chi connectivity index (χ1) is 15.0. The van der Waals surface area contributed by atoms with Gasteiger partial charge in [-0.2, -0.15) is 10.4 Å². The molecule has 8 nitrogen and oxygen atoms in total. The largest absolute Gasteiger partial charge is 0.459 e. The Morgan fingerprint density at radius 3 is 2.77 bits per heavy atom. The summed E-state index contributed by atoms with van der Waals surface area (Å²) in [5.41, 5.74) is 0.685. The summed E-state index contributed by atoms with van der Waals surface area (Å²) in [6.07, 6.45) is 2.02. The molecule has 2 heterocycles. The zero-order chi connectivity index (χ0) is 21.8. The summed E-state index contributed by atoms with van der Waals surface area (Å²) >= 11 is 0. The number of hydrogen-bond acceptors (Lipinski definition) is 7. The van der Waals surface area contributed by atoms with Crippen molar-refractivity contribution >= 4 is 5.97 Å². The average molecular weight is 426 g/mol.